The van der Waals surface area contributed by atoms with Crippen molar-refractivity contribution in [1.29, 1.82) is 0 Å². The van der Waals surface area contributed by atoms with E-state index in [4.69, 9.17) is 14.6 Å². The van der Waals surface area contributed by atoms with Gasteiger partial charge in [0.05, 0.1) is 29.2 Å². The minimum Gasteiger partial charge on any atom is -0.493 e. The molecule has 0 aliphatic carbocycles. The van der Waals surface area contributed by atoms with Crippen LogP contribution in [-0.4, -0.2) is 68.1 Å². The van der Waals surface area contributed by atoms with Crippen molar-refractivity contribution in [3.63, 3.8) is 0 Å². The van der Waals surface area contributed by atoms with E-state index in [1.165, 1.54) is 40.7 Å². The third kappa shape index (κ3) is 6.15. The van der Waals surface area contributed by atoms with Crippen LogP contribution in [0.3, 0.4) is 0 Å². The topological polar surface area (TPSA) is 96.4 Å². The van der Waals surface area contributed by atoms with Gasteiger partial charge < -0.3 is 14.6 Å². The van der Waals surface area contributed by atoms with E-state index >= 15 is 0 Å². The summed E-state index contributed by atoms with van der Waals surface area (Å²) in [5, 5.41) is 9.06. The van der Waals surface area contributed by atoms with Gasteiger partial charge in [-0.1, -0.05) is 12.1 Å². The Bertz CT molecular complexity index is 1340. The van der Waals surface area contributed by atoms with Crippen LogP contribution in [0.2, 0.25) is 0 Å². The zero-order chi connectivity index (χ0) is 27.3. The molecular formula is C28H31FN2O6S. The van der Waals surface area contributed by atoms with Crippen molar-refractivity contribution in [2.75, 3.05) is 39.4 Å². The average molecular weight is 543 g/mol. The van der Waals surface area contributed by atoms with Crippen molar-refractivity contribution in [1.82, 2.24) is 9.21 Å². The van der Waals surface area contributed by atoms with Gasteiger partial charge in [0, 0.05) is 32.7 Å². The number of carboxylic acid groups (broad SMARTS) is 1. The molecule has 0 saturated carbocycles. The normalized spacial score (nSPS) is 14.8. The standard InChI is InChI=1S/C28H31FN2O6S/c1-3-36-25-17-20(18-26(37-4-2)27(25)21-5-9-23(29)10-6-21)19-30-13-15-31(16-14-30)38(34,35)24-11-7-22(8-12-24)28(32)33/h5-12,17-18H,3-4,13-16,19H2,1-2H3,(H,32,33). The number of ether oxygens (including phenoxy) is 2. The largest absolute Gasteiger partial charge is 0.493 e. The lowest BCUT2D eigenvalue weighted by molar-refractivity contribution is 0.0696. The van der Waals surface area contributed by atoms with Crippen LogP contribution in [0.25, 0.3) is 11.1 Å². The number of nitrogens with zero attached hydrogens (tertiary/aromatic N) is 2. The molecule has 1 fully saturated rings. The molecule has 0 aromatic heterocycles. The van der Waals surface area contributed by atoms with Crippen LogP contribution in [0, 0.1) is 5.82 Å². The van der Waals surface area contributed by atoms with Crippen molar-refractivity contribution in [3.05, 3.63) is 77.6 Å². The summed E-state index contributed by atoms with van der Waals surface area (Å²) in [6.45, 7) is 6.96. The number of hydrogen-bond acceptors (Lipinski definition) is 6. The predicted octanol–water partition coefficient (Wildman–Crippen LogP) is 4.49. The minimum absolute atomic E-state index is 0.0389. The predicted molar refractivity (Wildman–Crippen MR) is 142 cm³/mol. The quantitative estimate of drug-likeness (QED) is 0.403. The maximum atomic E-state index is 13.5. The fourth-order valence-corrected chi connectivity index (χ4v) is 5.90. The monoisotopic (exact) mass is 542 g/mol. The van der Waals surface area contributed by atoms with E-state index in [-0.39, 0.29) is 16.3 Å². The molecule has 0 atom stereocenters. The zero-order valence-electron chi connectivity index (χ0n) is 21.4. The molecule has 0 bridgehead atoms. The molecule has 3 aromatic carbocycles. The highest BCUT2D eigenvalue weighted by molar-refractivity contribution is 7.89. The lowest BCUT2D eigenvalue weighted by Gasteiger charge is -2.34. The molecule has 0 spiro atoms. The number of halogens is 1. The van der Waals surface area contributed by atoms with E-state index in [1.807, 2.05) is 26.0 Å². The summed E-state index contributed by atoms with van der Waals surface area (Å²) in [7, 11) is -3.72. The first-order valence-electron chi connectivity index (χ1n) is 12.5. The van der Waals surface area contributed by atoms with Crippen LogP contribution in [0.5, 0.6) is 11.5 Å². The lowest BCUT2D eigenvalue weighted by Crippen LogP contribution is -2.48. The molecular weight excluding hydrogens is 511 g/mol. The third-order valence-corrected chi connectivity index (χ3v) is 8.25. The average Bonchev–Trinajstić information content (AvgIpc) is 2.90. The smallest absolute Gasteiger partial charge is 0.335 e. The van der Waals surface area contributed by atoms with Gasteiger partial charge in [-0.3, -0.25) is 4.90 Å². The third-order valence-electron chi connectivity index (χ3n) is 6.33. The molecule has 38 heavy (non-hydrogen) atoms. The number of hydrogen-bond donors (Lipinski definition) is 1. The number of piperazine rings is 1. The molecule has 1 aliphatic rings. The summed E-state index contributed by atoms with van der Waals surface area (Å²) in [6, 6.07) is 15.4. The molecule has 0 unspecified atom stereocenters. The Morgan fingerprint density at radius 3 is 1.95 bits per heavy atom. The van der Waals surface area contributed by atoms with Gasteiger partial charge in [0.1, 0.15) is 17.3 Å². The molecule has 3 aromatic rings. The number of benzene rings is 3. The summed E-state index contributed by atoms with van der Waals surface area (Å²) in [4.78, 5) is 13.3. The number of sulfonamides is 1. The number of carboxylic acids is 1. The summed E-state index contributed by atoms with van der Waals surface area (Å²) in [5.74, 6) is -0.134. The first-order valence-corrected chi connectivity index (χ1v) is 13.9. The Kier molecular flexibility index (Phi) is 8.65. The summed E-state index contributed by atoms with van der Waals surface area (Å²) in [5.41, 5.74) is 2.56. The van der Waals surface area contributed by atoms with E-state index in [9.17, 15) is 17.6 Å². The second-order valence-electron chi connectivity index (χ2n) is 8.85. The first-order chi connectivity index (χ1) is 18.2. The van der Waals surface area contributed by atoms with Crippen molar-refractivity contribution < 1.29 is 32.2 Å². The van der Waals surface area contributed by atoms with Gasteiger partial charge in [0.2, 0.25) is 10.0 Å². The van der Waals surface area contributed by atoms with E-state index in [1.54, 1.807) is 12.1 Å². The van der Waals surface area contributed by atoms with Gasteiger partial charge in [-0.25, -0.2) is 17.6 Å². The Morgan fingerprint density at radius 1 is 0.895 bits per heavy atom. The number of aromatic carboxylic acids is 1. The molecule has 1 N–H and O–H groups in total. The first kappa shape index (κ1) is 27.6. The Balaban J connectivity index is 1.50. The van der Waals surface area contributed by atoms with Crippen LogP contribution in [0.1, 0.15) is 29.8 Å². The molecule has 0 amide bonds. The second-order valence-corrected chi connectivity index (χ2v) is 10.8. The lowest BCUT2D eigenvalue weighted by atomic mass is 10.0. The van der Waals surface area contributed by atoms with Crippen molar-refractivity contribution >= 4 is 16.0 Å². The fraction of sp³-hybridized carbons (Fsp3) is 0.321. The maximum Gasteiger partial charge on any atom is 0.335 e. The second kappa shape index (κ2) is 11.9. The van der Waals surface area contributed by atoms with Crippen LogP contribution in [-0.2, 0) is 16.6 Å². The van der Waals surface area contributed by atoms with E-state index in [2.05, 4.69) is 4.90 Å². The van der Waals surface area contributed by atoms with Gasteiger partial charge in [0.15, 0.2) is 0 Å². The summed E-state index contributed by atoms with van der Waals surface area (Å²) < 4.78 is 53.0. The Labute approximate surface area is 222 Å². The molecule has 4 rings (SSSR count). The minimum atomic E-state index is -3.72. The van der Waals surface area contributed by atoms with E-state index in [0.717, 1.165) is 16.7 Å². The number of rotatable bonds is 10. The van der Waals surface area contributed by atoms with Crippen LogP contribution >= 0.6 is 0 Å². The van der Waals surface area contributed by atoms with E-state index < -0.39 is 16.0 Å². The highest BCUT2D eigenvalue weighted by atomic mass is 32.2. The summed E-state index contributed by atoms with van der Waals surface area (Å²) >= 11 is 0. The van der Waals surface area contributed by atoms with E-state index in [0.29, 0.717) is 57.4 Å². The zero-order valence-corrected chi connectivity index (χ0v) is 22.2. The Morgan fingerprint density at radius 2 is 1.45 bits per heavy atom. The molecule has 1 saturated heterocycles. The molecule has 10 heteroatoms. The van der Waals surface area contributed by atoms with Crippen LogP contribution in [0.15, 0.2) is 65.6 Å². The fourth-order valence-electron chi connectivity index (χ4n) is 4.48. The van der Waals surface area contributed by atoms with Crippen LogP contribution in [0.4, 0.5) is 4.39 Å². The SMILES string of the molecule is CCOc1cc(CN2CCN(S(=O)(=O)c3ccc(C(=O)O)cc3)CC2)cc(OCC)c1-c1ccc(F)cc1. The molecule has 1 aliphatic heterocycles. The molecule has 8 nitrogen and oxygen atoms in total. The summed E-state index contributed by atoms with van der Waals surface area (Å²) in [6.07, 6.45) is 0. The maximum absolute atomic E-state index is 13.5. The molecule has 202 valence electrons. The number of carbonyl (C=O) groups is 1. The van der Waals surface area contributed by atoms with Crippen molar-refractivity contribution in [2.24, 2.45) is 0 Å². The highest BCUT2D eigenvalue weighted by Crippen LogP contribution is 2.40. The van der Waals surface area contributed by atoms with Gasteiger partial charge in [-0.15, -0.1) is 0 Å². The van der Waals surface area contributed by atoms with Gasteiger partial charge in [-0.05, 0) is 73.5 Å². The molecule has 0 radical (unpaired) electrons. The van der Waals surface area contributed by atoms with Crippen LogP contribution < -0.4 is 9.47 Å². The highest BCUT2D eigenvalue weighted by Gasteiger charge is 2.29. The Hall–Kier alpha value is -3.47. The van der Waals surface area contributed by atoms with Gasteiger partial charge >= 0.3 is 5.97 Å². The van der Waals surface area contributed by atoms with Crippen molar-refractivity contribution in [3.8, 4) is 22.6 Å². The van der Waals surface area contributed by atoms with Gasteiger partial charge in [0.25, 0.3) is 0 Å². The molecule has 1 heterocycles. The van der Waals surface area contributed by atoms with Crippen molar-refractivity contribution in [2.45, 2.75) is 25.3 Å². The van der Waals surface area contributed by atoms with Gasteiger partial charge in [-0.2, -0.15) is 4.31 Å².